The predicted molar refractivity (Wildman–Crippen MR) is 78.2 cm³/mol. The molecule has 19 heavy (non-hydrogen) atoms. The number of fused-ring (bicyclic) bond motifs is 1. The lowest BCUT2D eigenvalue weighted by atomic mass is 10.0. The molecule has 0 spiro atoms. The van der Waals surface area contributed by atoms with Gasteiger partial charge >= 0.3 is 0 Å². The van der Waals surface area contributed by atoms with E-state index in [-0.39, 0.29) is 0 Å². The second-order valence-corrected chi connectivity index (χ2v) is 4.42. The molecular weight excluding hydrogens is 236 g/mol. The SMILES string of the molecule is CCc1cnc(NC)nc1-c1c[nH]c2ccccc12. The number of rotatable bonds is 3. The Kier molecular flexibility index (Phi) is 2.91. The molecule has 3 aromatic rings. The van der Waals surface area contributed by atoms with Crippen LogP contribution in [0.3, 0.4) is 0 Å². The number of nitrogens with one attached hydrogen (secondary N) is 2. The summed E-state index contributed by atoms with van der Waals surface area (Å²) in [7, 11) is 1.83. The normalized spacial score (nSPS) is 10.8. The summed E-state index contributed by atoms with van der Waals surface area (Å²) in [4.78, 5) is 12.2. The Morgan fingerprint density at radius 1 is 1.26 bits per heavy atom. The molecule has 0 atom stereocenters. The summed E-state index contributed by atoms with van der Waals surface area (Å²) in [5.74, 6) is 0.650. The largest absolute Gasteiger partial charge is 0.360 e. The van der Waals surface area contributed by atoms with Crippen LogP contribution in [-0.2, 0) is 6.42 Å². The van der Waals surface area contributed by atoms with Gasteiger partial charge in [0, 0.05) is 35.9 Å². The fourth-order valence-electron chi connectivity index (χ4n) is 2.29. The molecule has 0 bridgehead atoms. The highest BCUT2D eigenvalue weighted by molar-refractivity contribution is 5.95. The summed E-state index contributed by atoms with van der Waals surface area (Å²) >= 11 is 0. The van der Waals surface area contributed by atoms with Crippen molar-refractivity contribution in [2.24, 2.45) is 0 Å². The summed E-state index contributed by atoms with van der Waals surface area (Å²) in [6.07, 6.45) is 4.83. The van der Waals surface area contributed by atoms with E-state index in [1.54, 1.807) is 0 Å². The molecule has 2 N–H and O–H groups in total. The molecule has 0 aliphatic rings. The van der Waals surface area contributed by atoms with Crippen LogP contribution in [0.4, 0.5) is 5.95 Å². The molecule has 0 amide bonds. The highest BCUT2D eigenvalue weighted by Gasteiger charge is 2.12. The number of para-hydroxylation sites is 1. The van der Waals surface area contributed by atoms with Crippen molar-refractivity contribution in [3.8, 4) is 11.3 Å². The summed E-state index contributed by atoms with van der Waals surface area (Å²) in [6.45, 7) is 2.12. The molecule has 0 unspecified atom stereocenters. The molecule has 4 nitrogen and oxygen atoms in total. The van der Waals surface area contributed by atoms with Gasteiger partial charge in [-0.05, 0) is 18.1 Å². The van der Waals surface area contributed by atoms with Crippen LogP contribution in [0.2, 0.25) is 0 Å². The van der Waals surface area contributed by atoms with Crippen LogP contribution >= 0.6 is 0 Å². The van der Waals surface area contributed by atoms with Gasteiger partial charge in [-0.1, -0.05) is 25.1 Å². The van der Waals surface area contributed by atoms with Crippen LogP contribution in [0.15, 0.2) is 36.7 Å². The van der Waals surface area contributed by atoms with Crippen LogP contribution < -0.4 is 5.32 Å². The number of aryl methyl sites for hydroxylation is 1. The first-order chi connectivity index (χ1) is 9.33. The third kappa shape index (κ3) is 1.95. The molecule has 3 rings (SSSR count). The highest BCUT2D eigenvalue weighted by atomic mass is 15.1. The Labute approximate surface area is 111 Å². The van der Waals surface area contributed by atoms with Gasteiger partial charge in [0.05, 0.1) is 5.69 Å². The van der Waals surface area contributed by atoms with E-state index in [1.807, 2.05) is 31.6 Å². The summed E-state index contributed by atoms with van der Waals surface area (Å²) in [6, 6.07) is 8.26. The van der Waals surface area contributed by atoms with Crippen LogP contribution in [0.5, 0.6) is 0 Å². The molecular formula is C15H16N4. The maximum Gasteiger partial charge on any atom is 0.222 e. The Balaban J connectivity index is 2.25. The Hall–Kier alpha value is -2.36. The summed E-state index contributed by atoms with van der Waals surface area (Å²) in [5.41, 5.74) is 4.42. The Morgan fingerprint density at radius 3 is 2.89 bits per heavy atom. The van der Waals surface area contributed by atoms with Gasteiger partial charge in [0.15, 0.2) is 0 Å². The second kappa shape index (κ2) is 4.72. The lowest BCUT2D eigenvalue weighted by Crippen LogP contribution is -2.00. The lowest BCUT2D eigenvalue weighted by molar-refractivity contribution is 1.05. The van der Waals surface area contributed by atoms with Crippen LogP contribution in [0, 0.1) is 0 Å². The predicted octanol–water partition coefficient (Wildman–Crippen LogP) is 3.23. The zero-order chi connectivity index (χ0) is 13.2. The zero-order valence-corrected chi connectivity index (χ0v) is 11.1. The average Bonchev–Trinajstić information content (AvgIpc) is 2.90. The second-order valence-electron chi connectivity index (χ2n) is 4.42. The first-order valence-electron chi connectivity index (χ1n) is 6.43. The number of hydrogen-bond donors (Lipinski definition) is 2. The van der Waals surface area contributed by atoms with Crippen molar-refractivity contribution in [2.45, 2.75) is 13.3 Å². The van der Waals surface area contributed by atoms with Crippen molar-refractivity contribution in [2.75, 3.05) is 12.4 Å². The Bertz CT molecular complexity index is 715. The number of aromatic nitrogens is 3. The van der Waals surface area contributed by atoms with Gasteiger partial charge < -0.3 is 10.3 Å². The average molecular weight is 252 g/mol. The van der Waals surface area contributed by atoms with E-state index < -0.39 is 0 Å². The fraction of sp³-hybridized carbons (Fsp3) is 0.200. The molecule has 0 aliphatic carbocycles. The molecule has 1 aromatic carbocycles. The van der Waals surface area contributed by atoms with Crippen molar-refractivity contribution in [3.63, 3.8) is 0 Å². The van der Waals surface area contributed by atoms with E-state index in [0.717, 1.165) is 28.8 Å². The van der Waals surface area contributed by atoms with Gasteiger partial charge in [0.25, 0.3) is 0 Å². The maximum absolute atomic E-state index is 4.61. The fourth-order valence-corrected chi connectivity index (χ4v) is 2.29. The van der Waals surface area contributed by atoms with E-state index in [9.17, 15) is 0 Å². The molecule has 2 heterocycles. The maximum atomic E-state index is 4.61. The molecule has 0 saturated heterocycles. The van der Waals surface area contributed by atoms with Gasteiger partial charge in [-0.25, -0.2) is 9.97 Å². The van der Waals surface area contributed by atoms with Crippen molar-refractivity contribution in [1.82, 2.24) is 15.0 Å². The van der Waals surface area contributed by atoms with Gasteiger partial charge in [-0.15, -0.1) is 0 Å². The third-order valence-corrected chi connectivity index (χ3v) is 3.31. The standard InChI is InChI=1S/C15H16N4/c1-3-10-8-18-15(16-2)19-14(10)12-9-17-13-7-5-4-6-11(12)13/h4-9,17H,3H2,1-2H3,(H,16,18,19). The van der Waals surface area contributed by atoms with Gasteiger partial charge in [0.2, 0.25) is 5.95 Å². The monoisotopic (exact) mass is 252 g/mol. The molecule has 0 saturated carbocycles. The first kappa shape index (κ1) is 11.7. The molecule has 0 fully saturated rings. The number of benzene rings is 1. The number of aromatic amines is 1. The van der Waals surface area contributed by atoms with Crippen LogP contribution in [-0.4, -0.2) is 22.0 Å². The quantitative estimate of drug-likeness (QED) is 0.752. The van der Waals surface area contributed by atoms with Gasteiger partial charge in [0.1, 0.15) is 0 Å². The van der Waals surface area contributed by atoms with E-state index in [1.165, 1.54) is 5.39 Å². The minimum atomic E-state index is 0.650. The van der Waals surface area contributed by atoms with Crippen molar-refractivity contribution < 1.29 is 0 Å². The van der Waals surface area contributed by atoms with E-state index in [0.29, 0.717) is 5.95 Å². The highest BCUT2D eigenvalue weighted by Crippen LogP contribution is 2.30. The minimum Gasteiger partial charge on any atom is -0.360 e. The van der Waals surface area contributed by atoms with Crippen LogP contribution in [0.25, 0.3) is 22.2 Å². The smallest absolute Gasteiger partial charge is 0.222 e. The lowest BCUT2D eigenvalue weighted by Gasteiger charge is -2.07. The molecule has 96 valence electrons. The number of anilines is 1. The molecule has 4 heteroatoms. The topological polar surface area (TPSA) is 53.6 Å². The Morgan fingerprint density at radius 2 is 2.11 bits per heavy atom. The first-order valence-corrected chi connectivity index (χ1v) is 6.43. The molecule has 2 aromatic heterocycles. The zero-order valence-electron chi connectivity index (χ0n) is 11.1. The molecule has 0 radical (unpaired) electrons. The minimum absolute atomic E-state index is 0.650. The van der Waals surface area contributed by atoms with Crippen LogP contribution in [0.1, 0.15) is 12.5 Å². The number of H-pyrrole nitrogens is 1. The van der Waals surface area contributed by atoms with Crippen molar-refractivity contribution in [3.05, 3.63) is 42.2 Å². The number of hydrogen-bond acceptors (Lipinski definition) is 3. The molecule has 0 aliphatic heterocycles. The van der Waals surface area contributed by atoms with E-state index in [2.05, 4.69) is 39.3 Å². The van der Waals surface area contributed by atoms with Crippen molar-refractivity contribution >= 4 is 16.9 Å². The van der Waals surface area contributed by atoms with E-state index in [4.69, 9.17) is 0 Å². The van der Waals surface area contributed by atoms with Gasteiger partial charge in [-0.3, -0.25) is 0 Å². The summed E-state index contributed by atoms with van der Waals surface area (Å²) in [5, 5.41) is 4.19. The van der Waals surface area contributed by atoms with Gasteiger partial charge in [-0.2, -0.15) is 0 Å². The number of nitrogens with zero attached hydrogens (tertiary/aromatic N) is 2. The summed E-state index contributed by atoms with van der Waals surface area (Å²) < 4.78 is 0. The van der Waals surface area contributed by atoms with E-state index >= 15 is 0 Å². The van der Waals surface area contributed by atoms with Crippen molar-refractivity contribution in [1.29, 1.82) is 0 Å². The third-order valence-electron chi connectivity index (χ3n) is 3.31.